The topological polar surface area (TPSA) is 45.7 Å². The van der Waals surface area contributed by atoms with Crippen LogP contribution in [0.25, 0.3) is 0 Å². The number of rotatable bonds is 4. The van der Waals surface area contributed by atoms with Crippen molar-refractivity contribution in [2.75, 3.05) is 30.4 Å². The van der Waals surface area contributed by atoms with Crippen molar-refractivity contribution in [3.63, 3.8) is 0 Å². The van der Waals surface area contributed by atoms with Gasteiger partial charge in [0.1, 0.15) is 11.6 Å². The molecule has 7 heteroatoms. The molecule has 1 aliphatic heterocycles. The van der Waals surface area contributed by atoms with Gasteiger partial charge < -0.3 is 14.5 Å². The van der Waals surface area contributed by atoms with Crippen LogP contribution in [0.5, 0.6) is 5.75 Å². The van der Waals surface area contributed by atoms with Crippen LogP contribution >= 0.6 is 0 Å². The van der Waals surface area contributed by atoms with Gasteiger partial charge in [0.2, 0.25) is 0 Å². The van der Waals surface area contributed by atoms with Crippen molar-refractivity contribution in [3.05, 3.63) is 47.7 Å². The molecule has 2 heterocycles. The van der Waals surface area contributed by atoms with Crippen LogP contribution in [-0.2, 0) is 6.42 Å². The third-order valence-electron chi connectivity index (χ3n) is 4.08. The maximum Gasteiger partial charge on any atom is 0.387 e. The molecule has 1 aromatic carbocycles. The molecule has 132 valence electrons. The van der Waals surface area contributed by atoms with Crippen LogP contribution in [0.3, 0.4) is 0 Å². The molecule has 1 aliphatic rings. The fourth-order valence-corrected chi connectivity index (χ4v) is 3.03. The average molecular weight is 347 g/mol. The Balaban J connectivity index is 1.94. The predicted molar refractivity (Wildman–Crippen MR) is 91.6 cm³/mol. The summed E-state index contributed by atoms with van der Waals surface area (Å²) in [5.41, 5.74) is 2.06. The molecule has 1 amide bonds. The van der Waals surface area contributed by atoms with Crippen molar-refractivity contribution in [2.45, 2.75) is 19.5 Å². The molecule has 0 fully saturated rings. The van der Waals surface area contributed by atoms with Gasteiger partial charge in [-0.1, -0.05) is 0 Å². The van der Waals surface area contributed by atoms with E-state index in [4.69, 9.17) is 0 Å². The molecule has 0 spiro atoms. The van der Waals surface area contributed by atoms with Crippen LogP contribution in [-0.4, -0.2) is 38.1 Å². The van der Waals surface area contributed by atoms with Crippen LogP contribution in [0.15, 0.2) is 36.5 Å². The van der Waals surface area contributed by atoms with E-state index in [1.165, 1.54) is 6.07 Å². The Kier molecular flexibility index (Phi) is 4.83. The van der Waals surface area contributed by atoms with Crippen molar-refractivity contribution >= 4 is 17.4 Å². The van der Waals surface area contributed by atoms with Gasteiger partial charge in [0.25, 0.3) is 5.91 Å². The van der Waals surface area contributed by atoms with E-state index in [-0.39, 0.29) is 11.7 Å². The monoisotopic (exact) mass is 347 g/mol. The van der Waals surface area contributed by atoms with Crippen LogP contribution in [0, 0.1) is 0 Å². The van der Waals surface area contributed by atoms with E-state index in [2.05, 4.69) is 9.72 Å². The van der Waals surface area contributed by atoms with Gasteiger partial charge in [0.15, 0.2) is 0 Å². The molecule has 25 heavy (non-hydrogen) atoms. The minimum atomic E-state index is -2.86. The summed E-state index contributed by atoms with van der Waals surface area (Å²) in [6, 6.07) is 8.18. The number of amides is 1. The molecule has 0 bridgehead atoms. The molecule has 0 aliphatic carbocycles. The van der Waals surface area contributed by atoms with E-state index >= 15 is 0 Å². The fourth-order valence-electron chi connectivity index (χ4n) is 3.03. The first-order valence-corrected chi connectivity index (χ1v) is 7.99. The van der Waals surface area contributed by atoms with Gasteiger partial charge in [-0.25, -0.2) is 4.98 Å². The highest BCUT2D eigenvalue weighted by atomic mass is 19.3. The van der Waals surface area contributed by atoms with E-state index < -0.39 is 6.61 Å². The second-order valence-electron chi connectivity index (χ2n) is 6.00. The summed E-state index contributed by atoms with van der Waals surface area (Å²) in [5, 5.41) is 0. The lowest BCUT2D eigenvalue weighted by molar-refractivity contribution is -0.0498. The molecule has 0 unspecified atom stereocenters. The van der Waals surface area contributed by atoms with Gasteiger partial charge in [0, 0.05) is 32.5 Å². The van der Waals surface area contributed by atoms with Crippen LogP contribution < -0.4 is 14.5 Å². The summed E-state index contributed by atoms with van der Waals surface area (Å²) in [6.07, 6.45) is 3.12. The minimum absolute atomic E-state index is 0.110. The highest BCUT2D eigenvalue weighted by Gasteiger charge is 2.26. The van der Waals surface area contributed by atoms with Crippen LogP contribution in [0.1, 0.15) is 22.3 Å². The van der Waals surface area contributed by atoms with Gasteiger partial charge in [-0.2, -0.15) is 8.78 Å². The van der Waals surface area contributed by atoms with Gasteiger partial charge in [-0.3, -0.25) is 4.79 Å². The summed E-state index contributed by atoms with van der Waals surface area (Å²) in [6.45, 7) is -2.29. The Morgan fingerprint density at radius 3 is 2.84 bits per heavy atom. The minimum Gasteiger partial charge on any atom is -0.435 e. The van der Waals surface area contributed by atoms with Gasteiger partial charge in [-0.05, 0) is 48.7 Å². The molecule has 2 aromatic rings. The third-order valence-corrected chi connectivity index (χ3v) is 4.08. The molecule has 0 N–H and O–H groups in total. The number of anilines is 2. The first-order valence-electron chi connectivity index (χ1n) is 7.99. The number of carbonyl (C=O) groups is 1. The SMILES string of the molecule is CN(C)c1ncccc1C(=O)N1CCCc2cc(OC(F)F)ccc21. The molecule has 1 aromatic heterocycles. The first kappa shape index (κ1) is 17.1. The van der Waals surface area contributed by atoms with Gasteiger partial charge in [-0.15, -0.1) is 0 Å². The number of hydrogen-bond acceptors (Lipinski definition) is 4. The van der Waals surface area contributed by atoms with Crippen LogP contribution in [0.2, 0.25) is 0 Å². The number of hydrogen-bond donors (Lipinski definition) is 0. The number of carbonyl (C=O) groups excluding carboxylic acids is 1. The molecule has 0 radical (unpaired) electrons. The lowest BCUT2D eigenvalue weighted by Gasteiger charge is -2.30. The molecular weight excluding hydrogens is 328 g/mol. The van der Waals surface area contributed by atoms with E-state index in [9.17, 15) is 13.6 Å². The van der Waals surface area contributed by atoms with Crippen molar-refractivity contribution in [1.29, 1.82) is 0 Å². The number of aromatic nitrogens is 1. The quantitative estimate of drug-likeness (QED) is 0.851. The third kappa shape index (κ3) is 3.55. The van der Waals surface area contributed by atoms with Crippen molar-refractivity contribution in [3.8, 4) is 5.75 Å². The maximum atomic E-state index is 13.1. The van der Waals surface area contributed by atoms with E-state index in [0.717, 1.165) is 17.7 Å². The molecule has 0 saturated carbocycles. The lowest BCUT2D eigenvalue weighted by atomic mass is 10.0. The average Bonchev–Trinajstić information content (AvgIpc) is 2.59. The number of pyridine rings is 1. The Bertz CT molecular complexity index is 781. The molecule has 0 atom stereocenters. The fraction of sp³-hybridized carbons (Fsp3) is 0.333. The van der Waals surface area contributed by atoms with Crippen molar-refractivity contribution in [2.24, 2.45) is 0 Å². The highest BCUT2D eigenvalue weighted by molar-refractivity contribution is 6.09. The van der Waals surface area contributed by atoms with Gasteiger partial charge in [0.05, 0.1) is 5.56 Å². The summed E-state index contributed by atoms with van der Waals surface area (Å²) < 4.78 is 29.3. The number of nitrogens with zero attached hydrogens (tertiary/aromatic N) is 3. The number of halogens is 2. The second kappa shape index (κ2) is 7.04. The smallest absolute Gasteiger partial charge is 0.387 e. The molecular formula is C18H19F2N3O2. The summed E-state index contributed by atoms with van der Waals surface area (Å²) in [4.78, 5) is 20.8. The Morgan fingerprint density at radius 2 is 2.12 bits per heavy atom. The number of aryl methyl sites for hydroxylation is 1. The normalized spacial score (nSPS) is 13.6. The summed E-state index contributed by atoms with van der Waals surface area (Å²) >= 11 is 0. The van der Waals surface area contributed by atoms with E-state index in [1.807, 2.05) is 14.1 Å². The first-order chi connectivity index (χ1) is 12.0. The highest BCUT2D eigenvalue weighted by Crippen LogP contribution is 2.33. The molecule has 3 rings (SSSR count). The Labute approximate surface area is 144 Å². The van der Waals surface area contributed by atoms with Crippen molar-refractivity contribution in [1.82, 2.24) is 4.98 Å². The van der Waals surface area contributed by atoms with E-state index in [0.29, 0.717) is 24.3 Å². The van der Waals surface area contributed by atoms with Crippen LogP contribution in [0.4, 0.5) is 20.3 Å². The Hall–Kier alpha value is -2.70. The van der Waals surface area contributed by atoms with E-state index in [1.54, 1.807) is 40.3 Å². The molecule has 5 nitrogen and oxygen atoms in total. The van der Waals surface area contributed by atoms with Gasteiger partial charge >= 0.3 is 6.61 Å². The zero-order valence-corrected chi connectivity index (χ0v) is 14.1. The number of fused-ring (bicyclic) bond motifs is 1. The van der Waals surface area contributed by atoms with Crippen molar-refractivity contribution < 1.29 is 18.3 Å². The standard InChI is InChI=1S/C18H19F2N3O2/c1-22(2)16-14(6-3-9-21-16)17(24)23-10-4-5-12-11-13(25-18(19)20)7-8-15(12)23/h3,6-9,11,18H,4-5,10H2,1-2H3. The zero-order chi connectivity index (χ0) is 18.0. The predicted octanol–water partition coefficient (Wildman–Crippen LogP) is 3.34. The lowest BCUT2D eigenvalue weighted by Crippen LogP contribution is -2.36. The number of ether oxygens (including phenoxy) is 1. The Morgan fingerprint density at radius 1 is 1.32 bits per heavy atom. The number of benzene rings is 1. The number of alkyl halides is 2. The molecule has 0 saturated heterocycles. The largest absolute Gasteiger partial charge is 0.435 e. The zero-order valence-electron chi connectivity index (χ0n) is 14.1. The summed E-state index contributed by atoms with van der Waals surface area (Å²) in [5.74, 6) is 0.552. The maximum absolute atomic E-state index is 13.1. The second-order valence-corrected chi connectivity index (χ2v) is 6.00. The summed E-state index contributed by atoms with van der Waals surface area (Å²) in [7, 11) is 3.66.